The van der Waals surface area contributed by atoms with E-state index in [1.807, 2.05) is 61.5 Å². The van der Waals surface area contributed by atoms with E-state index in [1.54, 1.807) is 17.7 Å². The van der Waals surface area contributed by atoms with Crippen molar-refractivity contribution in [1.29, 1.82) is 0 Å². The van der Waals surface area contributed by atoms with Crippen LogP contribution in [0.1, 0.15) is 21.6 Å². The van der Waals surface area contributed by atoms with E-state index in [9.17, 15) is 9.90 Å². The van der Waals surface area contributed by atoms with Crippen molar-refractivity contribution in [2.24, 2.45) is 0 Å². The molecule has 0 spiro atoms. The molecule has 0 amide bonds. The van der Waals surface area contributed by atoms with Gasteiger partial charge in [0, 0.05) is 11.1 Å². The highest BCUT2D eigenvalue weighted by Gasteiger charge is 2.17. The lowest BCUT2D eigenvalue weighted by Gasteiger charge is -2.10. The summed E-state index contributed by atoms with van der Waals surface area (Å²) in [6, 6.07) is 18.9. The van der Waals surface area contributed by atoms with Crippen molar-refractivity contribution in [2.75, 3.05) is 0 Å². The fourth-order valence-corrected chi connectivity index (χ4v) is 3.07. The summed E-state index contributed by atoms with van der Waals surface area (Å²) in [5.41, 5.74) is 4.59. The minimum absolute atomic E-state index is 0.102. The van der Waals surface area contributed by atoms with E-state index in [0.29, 0.717) is 22.4 Å². The fourth-order valence-electron chi connectivity index (χ4n) is 3.07. The zero-order valence-corrected chi connectivity index (χ0v) is 14.4. The number of fused-ring (bicyclic) bond motifs is 1. The van der Waals surface area contributed by atoms with E-state index in [1.165, 1.54) is 0 Å². The maximum absolute atomic E-state index is 11.8. The van der Waals surface area contributed by atoms with Gasteiger partial charge in [0.2, 0.25) is 0 Å². The predicted molar refractivity (Wildman–Crippen MR) is 98.1 cm³/mol. The van der Waals surface area contributed by atoms with Gasteiger partial charge < -0.3 is 9.90 Å². The van der Waals surface area contributed by atoms with Crippen molar-refractivity contribution in [1.82, 2.24) is 14.8 Å². The molecule has 0 fully saturated rings. The van der Waals surface area contributed by atoms with Crippen molar-refractivity contribution >= 4 is 17.0 Å². The highest BCUT2D eigenvalue weighted by Crippen LogP contribution is 2.28. The van der Waals surface area contributed by atoms with Gasteiger partial charge in [-0.3, -0.25) is 0 Å². The molecule has 128 valence electrons. The first-order valence-electron chi connectivity index (χ1n) is 8.29. The lowest BCUT2D eigenvalue weighted by atomic mass is 10.1. The molecule has 0 atom stereocenters. The topological polar surface area (TPSA) is 70.8 Å². The van der Waals surface area contributed by atoms with Gasteiger partial charge >= 0.3 is 0 Å². The summed E-state index contributed by atoms with van der Waals surface area (Å²) in [5.74, 6) is -1.24. The molecular weight excluding hydrogens is 326 g/mol. The third kappa shape index (κ3) is 2.63. The molecule has 0 aliphatic carbocycles. The second-order valence-corrected chi connectivity index (χ2v) is 6.24. The number of aromatic nitrogens is 3. The first-order valence-corrected chi connectivity index (χ1v) is 8.29. The summed E-state index contributed by atoms with van der Waals surface area (Å²) in [6.45, 7) is 3.79. The summed E-state index contributed by atoms with van der Waals surface area (Å²) in [6.07, 6.45) is 0. The molecule has 4 rings (SSSR count). The van der Waals surface area contributed by atoms with Gasteiger partial charge in [0.05, 0.1) is 28.4 Å². The van der Waals surface area contributed by atoms with Crippen LogP contribution >= 0.6 is 0 Å². The molecule has 0 aliphatic heterocycles. The number of hydrogen-bond donors (Lipinski definition) is 0. The van der Waals surface area contributed by atoms with E-state index in [4.69, 9.17) is 4.98 Å². The second-order valence-electron chi connectivity index (χ2n) is 6.24. The van der Waals surface area contributed by atoms with Gasteiger partial charge in [0.25, 0.3) is 0 Å². The Labute approximate surface area is 150 Å². The average molecular weight is 342 g/mol. The Morgan fingerprint density at radius 2 is 1.69 bits per heavy atom. The minimum Gasteiger partial charge on any atom is -0.545 e. The van der Waals surface area contributed by atoms with E-state index in [2.05, 4.69) is 5.10 Å². The number of benzene rings is 2. The average Bonchev–Trinajstić information content (AvgIpc) is 2.99. The number of carboxylic acid groups (broad SMARTS) is 1. The van der Waals surface area contributed by atoms with Gasteiger partial charge in [-0.1, -0.05) is 48.0 Å². The molecule has 2 aromatic carbocycles. The van der Waals surface area contributed by atoms with Crippen LogP contribution in [0.5, 0.6) is 0 Å². The number of hydrogen-bond acceptors (Lipinski definition) is 4. The predicted octanol–water partition coefficient (Wildman–Crippen LogP) is 3.07. The van der Waals surface area contributed by atoms with Crippen molar-refractivity contribution in [3.8, 4) is 16.9 Å². The highest BCUT2D eigenvalue weighted by molar-refractivity contribution is 6.03. The van der Waals surface area contributed by atoms with Gasteiger partial charge in [-0.15, -0.1) is 0 Å². The van der Waals surface area contributed by atoms with Crippen LogP contribution in [0.3, 0.4) is 0 Å². The maximum Gasteiger partial charge on any atom is 0.164 e. The van der Waals surface area contributed by atoms with E-state index in [0.717, 1.165) is 16.8 Å². The van der Waals surface area contributed by atoms with Crippen LogP contribution in [-0.2, 0) is 0 Å². The molecule has 0 N–H and O–H groups in total. The summed E-state index contributed by atoms with van der Waals surface area (Å²) in [4.78, 5) is 16.5. The first-order chi connectivity index (χ1) is 12.5. The Bertz CT molecular complexity index is 1110. The van der Waals surface area contributed by atoms with Gasteiger partial charge in [-0.05, 0) is 32.0 Å². The van der Waals surface area contributed by atoms with Crippen molar-refractivity contribution in [3.63, 3.8) is 0 Å². The maximum atomic E-state index is 11.8. The van der Waals surface area contributed by atoms with E-state index >= 15 is 0 Å². The van der Waals surface area contributed by atoms with Crippen molar-refractivity contribution < 1.29 is 9.90 Å². The van der Waals surface area contributed by atoms with Crippen LogP contribution in [0.15, 0.2) is 60.7 Å². The third-order valence-electron chi connectivity index (χ3n) is 4.38. The second kappa shape index (κ2) is 6.11. The van der Waals surface area contributed by atoms with Crippen LogP contribution < -0.4 is 5.11 Å². The van der Waals surface area contributed by atoms with Crippen molar-refractivity contribution in [3.05, 3.63) is 77.5 Å². The van der Waals surface area contributed by atoms with E-state index < -0.39 is 5.97 Å². The zero-order valence-electron chi connectivity index (χ0n) is 14.4. The summed E-state index contributed by atoms with van der Waals surface area (Å²) in [5, 5.41) is 16.8. The van der Waals surface area contributed by atoms with Crippen LogP contribution in [0, 0.1) is 13.8 Å². The molecular formula is C21H16N3O2-. The number of carbonyl (C=O) groups excluding carboxylic acids is 1. The molecule has 26 heavy (non-hydrogen) atoms. The van der Waals surface area contributed by atoms with Crippen LogP contribution in [-0.4, -0.2) is 20.7 Å². The Morgan fingerprint density at radius 1 is 1.00 bits per heavy atom. The van der Waals surface area contributed by atoms with Crippen LogP contribution in [0.2, 0.25) is 0 Å². The Hall–Kier alpha value is -3.47. The fraction of sp³-hybridized carbons (Fsp3) is 0.0952. The number of pyridine rings is 1. The monoisotopic (exact) mass is 342 g/mol. The zero-order chi connectivity index (χ0) is 18.3. The summed E-state index contributed by atoms with van der Waals surface area (Å²) >= 11 is 0. The molecule has 4 aromatic rings. The molecule has 5 heteroatoms. The highest BCUT2D eigenvalue weighted by atomic mass is 16.4. The van der Waals surface area contributed by atoms with Crippen molar-refractivity contribution in [2.45, 2.75) is 13.8 Å². The van der Waals surface area contributed by atoms with Gasteiger partial charge in [-0.2, -0.15) is 5.10 Å². The summed E-state index contributed by atoms with van der Waals surface area (Å²) in [7, 11) is 0. The van der Waals surface area contributed by atoms with Gasteiger partial charge in [0.1, 0.15) is 0 Å². The molecule has 0 unspecified atom stereocenters. The van der Waals surface area contributed by atoms with Gasteiger partial charge in [-0.25, -0.2) is 9.67 Å². The Morgan fingerprint density at radius 3 is 2.35 bits per heavy atom. The quantitative estimate of drug-likeness (QED) is 0.574. The largest absolute Gasteiger partial charge is 0.545 e. The summed E-state index contributed by atoms with van der Waals surface area (Å²) < 4.78 is 1.68. The lowest BCUT2D eigenvalue weighted by molar-refractivity contribution is -0.254. The minimum atomic E-state index is -1.24. The molecule has 0 radical (unpaired) electrons. The number of aromatic carboxylic acids is 1. The Kier molecular flexibility index (Phi) is 3.77. The molecule has 0 saturated heterocycles. The molecule has 0 bridgehead atoms. The van der Waals surface area contributed by atoms with Crippen LogP contribution in [0.4, 0.5) is 0 Å². The number of carboxylic acids is 1. The van der Waals surface area contributed by atoms with E-state index in [-0.39, 0.29) is 5.56 Å². The number of rotatable bonds is 3. The smallest absolute Gasteiger partial charge is 0.164 e. The number of carbonyl (C=O) groups is 1. The molecule has 0 saturated carbocycles. The molecule has 0 aliphatic rings. The van der Waals surface area contributed by atoms with Crippen LogP contribution in [0.25, 0.3) is 28.0 Å². The molecule has 5 nitrogen and oxygen atoms in total. The molecule has 2 aromatic heterocycles. The first kappa shape index (κ1) is 16.0. The molecule has 2 heterocycles. The lowest BCUT2D eigenvalue weighted by Crippen LogP contribution is -2.23. The standard InChI is InChI=1S/C21H17N3O2/c1-13-8-10-16(11-9-13)24-20-19(14(2)23-24)17(21(25)26)12-18(22-20)15-6-4-3-5-7-15/h3-12H,1-2H3,(H,25,26)/p-1. The van der Waals surface area contributed by atoms with Gasteiger partial charge in [0.15, 0.2) is 5.65 Å². The third-order valence-corrected chi connectivity index (χ3v) is 4.38. The normalized spacial score (nSPS) is 11.0. The SMILES string of the molecule is Cc1ccc(-n2nc(C)c3c(C(=O)[O-])cc(-c4ccccc4)nc32)cc1. The Balaban J connectivity index is 2.04. The number of aryl methyl sites for hydroxylation is 2. The number of nitrogens with zero attached hydrogens (tertiary/aromatic N) is 3.